The van der Waals surface area contributed by atoms with Crippen molar-refractivity contribution in [2.45, 2.75) is 19.3 Å². The molecule has 2 rings (SSSR count). The van der Waals surface area contributed by atoms with Gasteiger partial charge in [-0.05, 0) is 25.3 Å². The number of carbonyl (C=O) groups excluding carboxylic acids is 1. The van der Waals surface area contributed by atoms with Crippen molar-refractivity contribution in [2.75, 3.05) is 20.2 Å². The number of nitrogens with zero attached hydrogens (tertiary/aromatic N) is 2. The monoisotopic (exact) mass is 264 g/mol. The summed E-state index contributed by atoms with van der Waals surface area (Å²) in [6.07, 6.45) is 3.14. The summed E-state index contributed by atoms with van der Waals surface area (Å²) in [7, 11) is 1.41. The minimum Gasteiger partial charge on any atom is -0.496 e. The molecular formula is C13H16N2O4. The molecule has 0 bridgehead atoms. The number of carbonyl (C=O) groups is 1. The molecule has 1 aromatic carbocycles. The van der Waals surface area contributed by atoms with Crippen molar-refractivity contribution >= 4 is 11.6 Å². The maximum absolute atomic E-state index is 12.3. The minimum atomic E-state index is -0.502. The fourth-order valence-electron chi connectivity index (χ4n) is 2.24. The number of hydrogen-bond acceptors (Lipinski definition) is 4. The van der Waals surface area contributed by atoms with Crippen LogP contribution in [0.1, 0.15) is 29.6 Å². The van der Waals surface area contributed by atoms with E-state index in [1.54, 1.807) is 4.90 Å². The number of nitro benzene ring substituents is 1. The van der Waals surface area contributed by atoms with Crippen molar-refractivity contribution in [2.24, 2.45) is 0 Å². The highest BCUT2D eigenvalue weighted by molar-refractivity contribution is 5.97. The Kier molecular flexibility index (Phi) is 3.99. The summed E-state index contributed by atoms with van der Waals surface area (Å²) in [5.41, 5.74) is 0.307. The molecule has 0 aromatic heterocycles. The van der Waals surface area contributed by atoms with Crippen LogP contribution in [-0.4, -0.2) is 35.9 Å². The predicted molar refractivity (Wildman–Crippen MR) is 69.4 cm³/mol. The SMILES string of the molecule is COc1cc([N+](=O)[O-])ccc1C(=O)N1CCCCC1. The minimum absolute atomic E-state index is 0.0768. The van der Waals surface area contributed by atoms with Crippen molar-refractivity contribution in [3.05, 3.63) is 33.9 Å². The van der Waals surface area contributed by atoms with Gasteiger partial charge in [0.2, 0.25) is 0 Å². The molecule has 19 heavy (non-hydrogen) atoms. The van der Waals surface area contributed by atoms with Crippen molar-refractivity contribution in [3.8, 4) is 5.75 Å². The van der Waals surface area contributed by atoms with E-state index in [9.17, 15) is 14.9 Å². The van der Waals surface area contributed by atoms with Gasteiger partial charge >= 0.3 is 0 Å². The third-order valence-corrected chi connectivity index (χ3v) is 3.27. The van der Waals surface area contributed by atoms with Gasteiger partial charge in [-0.15, -0.1) is 0 Å². The van der Waals surface area contributed by atoms with Crippen LogP contribution in [0.5, 0.6) is 5.75 Å². The van der Waals surface area contributed by atoms with Crippen LogP contribution >= 0.6 is 0 Å². The largest absolute Gasteiger partial charge is 0.496 e. The summed E-state index contributed by atoms with van der Waals surface area (Å²) in [6.45, 7) is 1.47. The number of hydrogen-bond donors (Lipinski definition) is 0. The smallest absolute Gasteiger partial charge is 0.273 e. The van der Waals surface area contributed by atoms with Crippen molar-refractivity contribution in [1.29, 1.82) is 0 Å². The predicted octanol–water partition coefficient (Wildman–Crippen LogP) is 2.23. The first kappa shape index (κ1) is 13.3. The lowest BCUT2D eigenvalue weighted by atomic mass is 10.1. The van der Waals surface area contributed by atoms with Crippen LogP contribution in [-0.2, 0) is 0 Å². The van der Waals surface area contributed by atoms with Crippen LogP contribution in [0.2, 0.25) is 0 Å². The number of methoxy groups -OCH3 is 1. The molecule has 1 aromatic rings. The van der Waals surface area contributed by atoms with Crippen LogP contribution in [0.3, 0.4) is 0 Å². The maximum Gasteiger partial charge on any atom is 0.273 e. The highest BCUT2D eigenvalue weighted by atomic mass is 16.6. The lowest BCUT2D eigenvalue weighted by Gasteiger charge is -2.27. The molecule has 0 N–H and O–H groups in total. The molecule has 0 aliphatic carbocycles. The molecule has 1 aliphatic heterocycles. The number of likely N-dealkylation sites (tertiary alicyclic amines) is 1. The summed E-state index contributed by atoms with van der Waals surface area (Å²) in [5, 5.41) is 10.7. The molecular weight excluding hydrogens is 248 g/mol. The van der Waals surface area contributed by atoms with Gasteiger partial charge in [0, 0.05) is 19.2 Å². The van der Waals surface area contributed by atoms with Crippen LogP contribution in [0.25, 0.3) is 0 Å². The van der Waals surface area contributed by atoms with Gasteiger partial charge in [-0.2, -0.15) is 0 Å². The van der Waals surface area contributed by atoms with Gasteiger partial charge in [-0.1, -0.05) is 0 Å². The molecule has 1 heterocycles. The summed E-state index contributed by atoms with van der Waals surface area (Å²) in [6, 6.07) is 4.09. The summed E-state index contributed by atoms with van der Waals surface area (Å²) >= 11 is 0. The Morgan fingerprint density at radius 1 is 1.32 bits per heavy atom. The molecule has 1 amide bonds. The van der Waals surface area contributed by atoms with E-state index in [1.165, 1.54) is 25.3 Å². The van der Waals surface area contributed by atoms with Gasteiger partial charge in [0.25, 0.3) is 11.6 Å². The number of ether oxygens (including phenoxy) is 1. The Balaban J connectivity index is 2.27. The van der Waals surface area contributed by atoms with Crippen LogP contribution in [0.15, 0.2) is 18.2 Å². The molecule has 0 saturated carbocycles. The molecule has 0 unspecified atom stereocenters. The lowest BCUT2D eigenvalue weighted by molar-refractivity contribution is -0.384. The van der Waals surface area contributed by atoms with Crippen molar-refractivity contribution in [3.63, 3.8) is 0 Å². The number of amides is 1. The summed E-state index contributed by atoms with van der Waals surface area (Å²) in [4.78, 5) is 24.3. The Morgan fingerprint density at radius 2 is 2.00 bits per heavy atom. The molecule has 0 radical (unpaired) electrons. The van der Waals surface area contributed by atoms with Crippen LogP contribution in [0, 0.1) is 10.1 Å². The molecule has 6 heteroatoms. The first-order valence-corrected chi connectivity index (χ1v) is 6.25. The fourth-order valence-corrected chi connectivity index (χ4v) is 2.24. The number of benzene rings is 1. The van der Waals surface area contributed by atoms with E-state index in [-0.39, 0.29) is 17.3 Å². The first-order chi connectivity index (χ1) is 9.13. The zero-order chi connectivity index (χ0) is 13.8. The average molecular weight is 264 g/mol. The van der Waals surface area contributed by atoms with Gasteiger partial charge in [0.15, 0.2) is 0 Å². The second kappa shape index (κ2) is 5.69. The summed E-state index contributed by atoms with van der Waals surface area (Å²) in [5.74, 6) is 0.135. The number of rotatable bonds is 3. The Bertz CT molecular complexity index is 495. The Morgan fingerprint density at radius 3 is 2.58 bits per heavy atom. The van der Waals surface area contributed by atoms with E-state index >= 15 is 0 Å². The lowest BCUT2D eigenvalue weighted by Crippen LogP contribution is -2.35. The van der Waals surface area contributed by atoms with E-state index in [1.807, 2.05) is 0 Å². The van der Waals surface area contributed by atoms with Crippen molar-refractivity contribution < 1.29 is 14.5 Å². The second-order valence-electron chi connectivity index (χ2n) is 4.49. The quantitative estimate of drug-likeness (QED) is 0.620. The zero-order valence-electron chi connectivity index (χ0n) is 10.8. The molecule has 1 fully saturated rings. The van der Waals surface area contributed by atoms with Crippen molar-refractivity contribution in [1.82, 2.24) is 4.90 Å². The molecule has 0 spiro atoms. The normalized spacial score (nSPS) is 15.1. The number of nitro groups is 1. The zero-order valence-corrected chi connectivity index (χ0v) is 10.8. The molecule has 1 saturated heterocycles. The average Bonchev–Trinajstić information content (AvgIpc) is 2.46. The van der Waals surface area contributed by atoms with E-state index in [0.717, 1.165) is 32.4 Å². The van der Waals surface area contributed by atoms with E-state index in [2.05, 4.69) is 0 Å². The van der Waals surface area contributed by atoms with Gasteiger partial charge < -0.3 is 9.64 Å². The standard InChI is InChI=1S/C13H16N2O4/c1-19-12-9-10(15(17)18)5-6-11(12)13(16)14-7-3-2-4-8-14/h5-6,9H,2-4,7-8H2,1H3. The van der Waals surface area contributed by atoms with E-state index < -0.39 is 4.92 Å². The highest BCUT2D eigenvalue weighted by Crippen LogP contribution is 2.26. The van der Waals surface area contributed by atoms with Gasteiger partial charge in [0.05, 0.1) is 23.7 Å². The van der Waals surface area contributed by atoms with Gasteiger partial charge in [-0.3, -0.25) is 14.9 Å². The highest BCUT2D eigenvalue weighted by Gasteiger charge is 2.22. The van der Waals surface area contributed by atoms with Crippen LogP contribution in [0.4, 0.5) is 5.69 Å². The maximum atomic E-state index is 12.3. The number of non-ortho nitro benzene ring substituents is 1. The first-order valence-electron chi connectivity index (χ1n) is 6.25. The number of piperidine rings is 1. The van der Waals surface area contributed by atoms with E-state index in [4.69, 9.17) is 4.74 Å². The second-order valence-corrected chi connectivity index (χ2v) is 4.49. The van der Waals surface area contributed by atoms with Gasteiger partial charge in [-0.25, -0.2) is 0 Å². The third-order valence-electron chi connectivity index (χ3n) is 3.27. The topological polar surface area (TPSA) is 72.7 Å². The molecule has 102 valence electrons. The fraction of sp³-hybridized carbons (Fsp3) is 0.462. The Hall–Kier alpha value is -2.11. The molecule has 6 nitrogen and oxygen atoms in total. The van der Waals surface area contributed by atoms with E-state index in [0.29, 0.717) is 5.56 Å². The van der Waals surface area contributed by atoms with Gasteiger partial charge in [0.1, 0.15) is 5.75 Å². The molecule has 0 atom stereocenters. The Labute approximate surface area is 111 Å². The molecule has 1 aliphatic rings. The van der Waals surface area contributed by atoms with Crippen LogP contribution < -0.4 is 4.74 Å². The third kappa shape index (κ3) is 2.83. The summed E-state index contributed by atoms with van der Waals surface area (Å²) < 4.78 is 5.10.